The van der Waals surface area contributed by atoms with E-state index in [-0.39, 0.29) is 11.3 Å². The largest absolute Gasteiger partial charge is 0.471 e. The zero-order chi connectivity index (χ0) is 26.7. The predicted molar refractivity (Wildman–Crippen MR) is 138 cm³/mol. The number of rotatable bonds is 5. The molecule has 4 rings (SSSR count). The fourth-order valence-corrected chi connectivity index (χ4v) is 3.99. The molecule has 3 aromatic carbocycles. The van der Waals surface area contributed by atoms with Crippen LogP contribution in [0.1, 0.15) is 22.8 Å². The Morgan fingerprint density at radius 3 is 2.43 bits per heavy atom. The van der Waals surface area contributed by atoms with Crippen LogP contribution in [-0.4, -0.2) is 28.7 Å². The molecule has 11 heteroatoms. The summed E-state index contributed by atoms with van der Waals surface area (Å²) in [6, 6.07) is 19.3. The molecule has 0 unspecified atom stereocenters. The lowest BCUT2D eigenvalue weighted by atomic mass is 10.0. The summed E-state index contributed by atoms with van der Waals surface area (Å²) in [6.45, 7) is 1.56. The molecule has 0 fully saturated rings. The maximum Gasteiger partial charge on any atom is 0.471 e. The van der Waals surface area contributed by atoms with Crippen LogP contribution in [-0.2, 0) is 4.79 Å². The molecule has 188 valence electrons. The van der Waals surface area contributed by atoms with Crippen LogP contribution in [0.2, 0.25) is 10.0 Å². The molecule has 2 N–H and O–H groups in total. The van der Waals surface area contributed by atoms with Gasteiger partial charge in [-0.15, -0.1) is 0 Å². The third-order valence-corrected chi connectivity index (χ3v) is 5.84. The quantitative estimate of drug-likeness (QED) is 0.212. The van der Waals surface area contributed by atoms with E-state index in [2.05, 4.69) is 15.5 Å². The average Bonchev–Trinajstić information content (AvgIpc) is 2.86. The summed E-state index contributed by atoms with van der Waals surface area (Å²) in [5, 5.41) is 7.29. The molecule has 1 aromatic heterocycles. The second-order valence-electron chi connectivity index (χ2n) is 7.87. The number of nitrogens with zero attached hydrogens (tertiary/aromatic N) is 2. The molecule has 0 aliphatic carbocycles. The van der Waals surface area contributed by atoms with E-state index in [1.165, 1.54) is 18.2 Å². The fraction of sp³-hybridized carbons (Fsp3) is 0.0769. The first-order chi connectivity index (χ1) is 17.5. The topological polar surface area (TPSA) is 83.4 Å². The van der Waals surface area contributed by atoms with Crippen molar-refractivity contribution in [1.29, 1.82) is 0 Å². The van der Waals surface area contributed by atoms with Crippen LogP contribution in [0, 0.1) is 0 Å². The van der Waals surface area contributed by atoms with E-state index in [4.69, 9.17) is 23.2 Å². The molecule has 0 saturated heterocycles. The van der Waals surface area contributed by atoms with Crippen LogP contribution >= 0.6 is 23.2 Å². The number of benzene rings is 3. The van der Waals surface area contributed by atoms with Crippen LogP contribution in [0.4, 0.5) is 18.9 Å². The van der Waals surface area contributed by atoms with Crippen molar-refractivity contribution >= 4 is 57.3 Å². The lowest BCUT2D eigenvalue weighted by Crippen LogP contribution is -2.29. The number of amides is 2. The lowest BCUT2D eigenvalue weighted by Gasteiger charge is -2.11. The Morgan fingerprint density at radius 2 is 1.70 bits per heavy atom. The number of pyridine rings is 1. The van der Waals surface area contributed by atoms with Gasteiger partial charge in [0.05, 0.1) is 27.5 Å². The molecule has 0 aliphatic rings. The Labute approximate surface area is 219 Å². The van der Waals surface area contributed by atoms with Gasteiger partial charge in [-0.05, 0) is 55.0 Å². The van der Waals surface area contributed by atoms with Gasteiger partial charge in [0.15, 0.2) is 0 Å². The molecular formula is C26H17Cl2F3N4O2. The number of carbonyl (C=O) groups is 2. The second-order valence-corrected chi connectivity index (χ2v) is 8.71. The fourth-order valence-electron chi connectivity index (χ4n) is 3.48. The number of halogens is 5. The van der Waals surface area contributed by atoms with Crippen molar-refractivity contribution in [2.24, 2.45) is 5.10 Å². The maximum absolute atomic E-state index is 13.2. The molecule has 4 aromatic rings. The van der Waals surface area contributed by atoms with Gasteiger partial charge in [0.25, 0.3) is 5.91 Å². The van der Waals surface area contributed by atoms with E-state index < -0.39 is 18.0 Å². The van der Waals surface area contributed by atoms with E-state index in [1.54, 1.807) is 66.8 Å². The number of alkyl halides is 3. The van der Waals surface area contributed by atoms with Crippen molar-refractivity contribution < 1.29 is 22.8 Å². The van der Waals surface area contributed by atoms with E-state index in [1.807, 2.05) is 0 Å². The first-order valence-electron chi connectivity index (χ1n) is 10.7. The zero-order valence-corrected chi connectivity index (χ0v) is 20.5. The molecule has 0 saturated carbocycles. The Kier molecular flexibility index (Phi) is 7.47. The highest BCUT2D eigenvalue weighted by Crippen LogP contribution is 2.32. The number of para-hydroxylation sites is 1. The molecule has 6 nitrogen and oxygen atoms in total. The van der Waals surface area contributed by atoms with Gasteiger partial charge in [0.1, 0.15) is 0 Å². The van der Waals surface area contributed by atoms with Crippen molar-refractivity contribution in [3.05, 3.63) is 94.0 Å². The van der Waals surface area contributed by atoms with Crippen LogP contribution in [0.3, 0.4) is 0 Å². The van der Waals surface area contributed by atoms with Crippen molar-refractivity contribution in [3.8, 4) is 11.3 Å². The predicted octanol–water partition coefficient (Wildman–Crippen LogP) is 6.86. The van der Waals surface area contributed by atoms with Crippen molar-refractivity contribution in [2.75, 3.05) is 5.32 Å². The molecule has 1 heterocycles. The van der Waals surface area contributed by atoms with Crippen LogP contribution < -0.4 is 10.7 Å². The lowest BCUT2D eigenvalue weighted by molar-refractivity contribution is -0.167. The number of hydrazone groups is 1. The second kappa shape index (κ2) is 10.6. The number of fused-ring (bicyclic) bond motifs is 1. The molecule has 0 bridgehead atoms. The summed E-state index contributed by atoms with van der Waals surface area (Å²) in [5.74, 6) is -2.63. The van der Waals surface area contributed by atoms with Crippen LogP contribution in [0.5, 0.6) is 0 Å². The monoisotopic (exact) mass is 544 g/mol. The minimum absolute atomic E-state index is 0.0645. The summed E-state index contributed by atoms with van der Waals surface area (Å²) in [5.41, 5.74) is 5.00. The number of nitrogens with one attached hydrogen (secondary N) is 2. The standard InChI is InChI=1S/C26H17Cl2F3N4O2/c1-14(15-5-4-6-17(11-15)32-25(37)26(29,30)31)34-35-24(36)20-13-23(19-10-9-16(27)12-21(19)28)33-22-8-3-2-7-18(20)22/h2-13H,1H3,(H,32,37)(H,35,36). The van der Waals surface area contributed by atoms with Gasteiger partial charge in [-0.1, -0.05) is 53.5 Å². The van der Waals surface area contributed by atoms with Gasteiger partial charge in [-0.3, -0.25) is 9.59 Å². The summed E-state index contributed by atoms with van der Waals surface area (Å²) < 4.78 is 37.7. The van der Waals surface area contributed by atoms with Gasteiger partial charge < -0.3 is 5.32 Å². The van der Waals surface area contributed by atoms with Crippen LogP contribution in [0.25, 0.3) is 22.2 Å². The van der Waals surface area contributed by atoms with E-state index >= 15 is 0 Å². The number of hydrogen-bond acceptors (Lipinski definition) is 4. The van der Waals surface area contributed by atoms with Crippen LogP contribution in [0.15, 0.2) is 77.9 Å². The molecule has 0 spiro atoms. The molecule has 0 atom stereocenters. The highest BCUT2D eigenvalue weighted by Gasteiger charge is 2.38. The molecule has 37 heavy (non-hydrogen) atoms. The molecule has 0 aliphatic heterocycles. The number of hydrogen-bond donors (Lipinski definition) is 2. The van der Waals surface area contributed by atoms with Crippen molar-refractivity contribution in [1.82, 2.24) is 10.4 Å². The van der Waals surface area contributed by atoms with Gasteiger partial charge in [-0.2, -0.15) is 18.3 Å². The summed E-state index contributed by atoms with van der Waals surface area (Å²) in [4.78, 5) is 29.0. The molecule has 2 amide bonds. The first-order valence-corrected chi connectivity index (χ1v) is 11.5. The summed E-state index contributed by atoms with van der Waals surface area (Å²) >= 11 is 12.4. The highest BCUT2D eigenvalue weighted by molar-refractivity contribution is 6.36. The van der Waals surface area contributed by atoms with Gasteiger partial charge in [-0.25, -0.2) is 10.4 Å². The van der Waals surface area contributed by atoms with Crippen molar-refractivity contribution in [2.45, 2.75) is 13.1 Å². The van der Waals surface area contributed by atoms with Gasteiger partial charge >= 0.3 is 12.1 Å². The smallest absolute Gasteiger partial charge is 0.318 e. The molecular weight excluding hydrogens is 528 g/mol. The molecule has 0 radical (unpaired) electrons. The minimum Gasteiger partial charge on any atom is -0.318 e. The van der Waals surface area contributed by atoms with Gasteiger partial charge in [0, 0.05) is 21.7 Å². The number of carbonyl (C=O) groups excluding carboxylic acids is 2. The van der Waals surface area contributed by atoms with E-state index in [0.29, 0.717) is 43.5 Å². The van der Waals surface area contributed by atoms with E-state index in [0.717, 1.165) is 0 Å². The highest BCUT2D eigenvalue weighted by atomic mass is 35.5. The third kappa shape index (κ3) is 6.07. The third-order valence-electron chi connectivity index (χ3n) is 5.29. The summed E-state index contributed by atoms with van der Waals surface area (Å²) in [6.07, 6.45) is -5.02. The Morgan fingerprint density at radius 1 is 0.946 bits per heavy atom. The Hall–Kier alpha value is -3.95. The number of aromatic nitrogens is 1. The average molecular weight is 545 g/mol. The minimum atomic E-state index is -5.02. The normalized spacial score (nSPS) is 11.9. The SMILES string of the molecule is CC(=NNC(=O)c1cc(-c2ccc(Cl)cc2Cl)nc2ccccc12)c1cccc(NC(=O)C(F)(F)F)c1. The van der Waals surface area contributed by atoms with Crippen molar-refractivity contribution in [3.63, 3.8) is 0 Å². The number of anilines is 1. The zero-order valence-electron chi connectivity index (χ0n) is 19.0. The Balaban J connectivity index is 1.63. The first kappa shape index (κ1) is 26.1. The summed E-state index contributed by atoms with van der Waals surface area (Å²) in [7, 11) is 0. The maximum atomic E-state index is 13.2. The Bertz CT molecular complexity index is 1550. The van der Waals surface area contributed by atoms with Gasteiger partial charge in [0.2, 0.25) is 0 Å². The van der Waals surface area contributed by atoms with E-state index in [9.17, 15) is 22.8 Å².